The molecule has 0 aromatic heterocycles. The Kier molecular flexibility index (Phi) is 1.95. The summed E-state index contributed by atoms with van der Waals surface area (Å²) in [4.78, 5) is 0. The van der Waals surface area contributed by atoms with Gasteiger partial charge in [0.2, 0.25) is 0 Å². The molecule has 0 spiro atoms. The van der Waals surface area contributed by atoms with E-state index < -0.39 is 0 Å². The van der Waals surface area contributed by atoms with Crippen LogP contribution in [0.25, 0.3) is 0 Å². The molecule has 0 saturated heterocycles. The Balaban J connectivity index is 2.70. The Labute approximate surface area is 62.6 Å². The molecule has 0 radical (unpaired) electrons. The minimum Gasteiger partial charge on any atom is -0.327 e. The zero-order valence-electron chi connectivity index (χ0n) is 6.67. The van der Waals surface area contributed by atoms with Gasteiger partial charge in [0.1, 0.15) is 0 Å². The van der Waals surface area contributed by atoms with Crippen LogP contribution < -0.4 is 5.73 Å². The number of allylic oxidation sites excluding steroid dienone is 3. The summed E-state index contributed by atoms with van der Waals surface area (Å²) < 4.78 is 0. The predicted molar refractivity (Wildman–Crippen MR) is 44.7 cm³/mol. The van der Waals surface area contributed by atoms with Gasteiger partial charge in [0.15, 0.2) is 0 Å². The zero-order chi connectivity index (χ0) is 7.61. The molecule has 1 unspecified atom stereocenters. The van der Waals surface area contributed by atoms with Crippen LogP contribution >= 0.6 is 0 Å². The third-order valence-corrected chi connectivity index (χ3v) is 2.32. The summed E-state index contributed by atoms with van der Waals surface area (Å²) in [7, 11) is 0. The summed E-state index contributed by atoms with van der Waals surface area (Å²) in [6.45, 7) is 4.25. The molecule has 2 N–H and O–H groups in total. The first-order valence-corrected chi connectivity index (χ1v) is 3.75. The quantitative estimate of drug-likeness (QED) is 0.586. The minimum absolute atomic E-state index is 0.189. The van der Waals surface area contributed by atoms with Crippen molar-refractivity contribution in [2.75, 3.05) is 0 Å². The maximum Gasteiger partial charge on any atom is 0.0102 e. The van der Waals surface area contributed by atoms with E-state index in [0.29, 0.717) is 0 Å². The minimum atomic E-state index is 0.189. The molecule has 56 valence electrons. The molecule has 0 amide bonds. The Morgan fingerprint density at radius 2 is 2.20 bits per heavy atom. The molecule has 0 saturated carbocycles. The normalized spacial score (nSPS) is 34.3. The molecule has 1 nitrogen and oxygen atoms in total. The fourth-order valence-electron chi connectivity index (χ4n) is 1.08. The lowest BCUT2D eigenvalue weighted by atomic mass is 9.78. The van der Waals surface area contributed by atoms with E-state index in [1.54, 1.807) is 0 Å². The summed E-state index contributed by atoms with van der Waals surface area (Å²) in [6, 6.07) is 0.244. The molecule has 0 fully saturated rings. The fourth-order valence-corrected chi connectivity index (χ4v) is 1.08. The van der Waals surface area contributed by atoms with Crippen molar-refractivity contribution in [3.05, 3.63) is 24.3 Å². The molecular weight excluding hydrogens is 122 g/mol. The molecule has 0 aliphatic heterocycles. The predicted octanol–water partition coefficient (Wildman–Crippen LogP) is 1.86. The molecule has 1 rings (SSSR count). The van der Waals surface area contributed by atoms with Crippen molar-refractivity contribution in [2.24, 2.45) is 11.1 Å². The summed E-state index contributed by atoms with van der Waals surface area (Å²) in [5.41, 5.74) is 6.01. The van der Waals surface area contributed by atoms with Gasteiger partial charge in [0, 0.05) is 11.5 Å². The first kappa shape index (κ1) is 7.55. The van der Waals surface area contributed by atoms with Crippen LogP contribution in [0.3, 0.4) is 0 Å². The van der Waals surface area contributed by atoms with Gasteiger partial charge in [-0.05, 0) is 13.3 Å². The molecule has 1 aliphatic carbocycles. The molecule has 2 atom stereocenters. The van der Waals surface area contributed by atoms with Crippen LogP contribution in [0.5, 0.6) is 0 Å². The van der Waals surface area contributed by atoms with Gasteiger partial charge in [-0.15, -0.1) is 0 Å². The molecule has 0 heterocycles. The van der Waals surface area contributed by atoms with E-state index in [2.05, 4.69) is 38.2 Å². The Bertz CT molecular complexity index is 168. The molecule has 1 heteroatoms. The van der Waals surface area contributed by atoms with Crippen molar-refractivity contribution in [3.8, 4) is 0 Å². The average Bonchev–Trinajstić information content (AvgIpc) is 1.89. The number of hydrogen-bond acceptors (Lipinski definition) is 1. The van der Waals surface area contributed by atoms with Gasteiger partial charge in [0.05, 0.1) is 0 Å². The van der Waals surface area contributed by atoms with Crippen LogP contribution in [-0.4, -0.2) is 6.04 Å². The third kappa shape index (κ3) is 1.29. The highest BCUT2D eigenvalue weighted by Gasteiger charge is 2.24. The van der Waals surface area contributed by atoms with Crippen LogP contribution in [-0.2, 0) is 0 Å². The van der Waals surface area contributed by atoms with Crippen molar-refractivity contribution < 1.29 is 0 Å². The highest BCUT2D eigenvalue weighted by Crippen LogP contribution is 2.29. The van der Waals surface area contributed by atoms with Gasteiger partial charge in [-0.2, -0.15) is 0 Å². The van der Waals surface area contributed by atoms with Crippen molar-refractivity contribution in [2.45, 2.75) is 26.3 Å². The third-order valence-electron chi connectivity index (χ3n) is 2.32. The second-order valence-electron chi connectivity index (χ2n) is 3.29. The van der Waals surface area contributed by atoms with Crippen LogP contribution in [0.1, 0.15) is 20.3 Å². The molecule has 0 bridgehead atoms. The van der Waals surface area contributed by atoms with Crippen LogP contribution in [0.15, 0.2) is 24.3 Å². The SMILES string of the molecule is C[C@@H](N)C1(C)C=CC=CC1. The van der Waals surface area contributed by atoms with E-state index in [1.807, 2.05) is 0 Å². The summed E-state index contributed by atoms with van der Waals surface area (Å²) in [6.07, 6.45) is 9.58. The number of hydrogen-bond donors (Lipinski definition) is 1. The number of rotatable bonds is 1. The fraction of sp³-hybridized carbons (Fsp3) is 0.556. The van der Waals surface area contributed by atoms with Gasteiger partial charge in [-0.25, -0.2) is 0 Å². The molecular formula is C9H15N. The van der Waals surface area contributed by atoms with Gasteiger partial charge >= 0.3 is 0 Å². The smallest absolute Gasteiger partial charge is 0.0102 e. The van der Waals surface area contributed by atoms with Crippen molar-refractivity contribution >= 4 is 0 Å². The van der Waals surface area contributed by atoms with Crippen molar-refractivity contribution in [1.82, 2.24) is 0 Å². The molecule has 1 aliphatic rings. The van der Waals surface area contributed by atoms with Crippen LogP contribution in [0, 0.1) is 5.41 Å². The average molecular weight is 137 g/mol. The van der Waals surface area contributed by atoms with E-state index >= 15 is 0 Å². The van der Waals surface area contributed by atoms with Crippen LogP contribution in [0.2, 0.25) is 0 Å². The largest absolute Gasteiger partial charge is 0.327 e. The number of nitrogens with two attached hydrogens (primary N) is 1. The van der Waals surface area contributed by atoms with E-state index in [4.69, 9.17) is 5.73 Å². The lowest BCUT2D eigenvalue weighted by Gasteiger charge is -2.30. The standard InChI is InChI=1S/C9H15N/c1-8(10)9(2)6-4-3-5-7-9/h3-6,8H,7,10H2,1-2H3/t8-,9?/m1/s1. The van der Waals surface area contributed by atoms with Gasteiger partial charge in [-0.3, -0.25) is 0 Å². The topological polar surface area (TPSA) is 26.0 Å². The Hall–Kier alpha value is -0.560. The van der Waals surface area contributed by atoms with Gasteiger partial charge in [0.25, 0.3) is 0 Å². The summed E-state index contributed by atoms with van der Waals surface area (Å²) in [5.74, 6) is 0. The Morgan fingerprint density at radius 3 is 2.50 bits per heavy atom. The first-order valence-electron chi connectivity index (χ1n) is 3.75. The summed E-state index contributed by atoms with van der Waals surface area (Å²) in [5, 5.41) is 0. The van der Waals surface area contributed by atoms with Crippen LogP contribution in [0.4, 0.5) is 0 Å². The first-order chi connectivity index (χ1) is 4.65. The highest BCUT2D eigenvalue weighted by atomic mass is 14.7. The highest BCUT2D eigenvalue weighted by molar-refractivity contribution is 5.17. The van der Waals surface area contributed by atoms with E-state index in [1.165, 1.54) is 0 Å². The molecule has 0 aromatic carbocycles. The maximum absolute atomic E-state index is 5.82. The van der Waals surface area contributed by atoms with Crippen molar-refractivity contribution in [3.63, 3.8) is 0 Å². The van der Waals surface area contributed by atoms with Gasteiger partial charge < -0.3 is 5.73 Å². The monoisotopic (exact) mass is 137 g/mol. The Morgan fingerprint density at radius 1 is 1.50 bits per heavy atom. The van der Waals surface area contributed by atoms with Gasteiger partial charge in [-0.1, -0.05) is 31.2 Å². The van der Waals surface area contributed by atoms with E-state index in [0.717, 1.165) is 6.42 Å². The maximum atomic E-state index is 5.82. The lowest BCUT2D eigenvalue weighted by molar-refractivity contribution is 0.355. The molecule has 0 aromatic rings. The lowest BCUT2D eigenvalue weighted by Crippen LogP contribution is -2.35. The van der Waals surface area contributed by atoms with E-state index in [-0.39, 0.29) is 11.5 Å². The van der Waals surface area contributed by atoms with Crippen molar-refractivity contribution in [1.29, 1.82) is 0 Å². The molecule has 10 heavy (non-hydrogen) atoms. The zero-order valence-corrected chi connectivity index (χ0v) is 6.67. The second-order valence-corrected chi connectivity index (χ2v) is 3.29. The van der Waals surface area contributed by atoms with E-state index in [9.17, 15) is 0 Å². The second kappa shape index (κ2) is 2.59. The summed E-state index contributed by atoms with van der Waals surface area (Å²) >= 11 is 0.